The van der Waals surface area contributed by atoms with E-state index in [-0.39, 0.29) is 0 Å². The summed E-state index contributed by atoms with van der Waals surface area (Å²) in [5.74, 6) is 0.606. The van der Waals surface area contributed by atoms with Crippen molar-refractivity contribution in [2.75, 3.05) is 5.73 Å². The SMILES string of the molecule is Nc1ccn[nH]1.O=S(=O)(O)O. The third-order valence-corrected chi connectivity index (χ3v) is 0.522. The van der Waals surface area contributed by atoms with Crippen LogP contribution in [-0.2, 0) is 10.4 Å². The lowest BCUT2D eigenvalue weighted by molar-refractivity contribution is 0.381. The highest BCUT2D eigenvalue weighted by atomic mass is 32.3. The van der Waals surface area contributed by atoms with E-state index in [0.717, 1.165) is 0 Å². The third kappa shape index (κ3) is 12.2. The van der Waals surface area contributed by atoms with E-state index in [2.05, 4.69) is 10.2 Å². The summed E-state index contributed by atoms with van der Waals surface area (Å²) in [6.07, 6.45) is 1.61. The molecule has 0 saturated carbocycles. The normalized spacial score (nSPS) is 10.0. The standard InChI is InChI=1S/C3H5N3.H2O4S/c4-3-1-2-5-6-3;1-5(2,3)4/h1-2H,(H3,4,5,6);(H2,1,2,3,4). The van der Waals surface area contributed by atoms with Crippen LogP contribution in [0.15, 0.2) is 12.3 Å². The molecular weight excluding hydrogens is 174 g/mol. The lowest BCUT2D eigenvalue weighted by Crippen LogP contribution is -1.89. The fraction of sp³-hybridized carbons (Fsp3) is 0. The number of aromatic nitrogens is 2. The van der Waals surface area contributed by atoms with Crippen molar-refractivity contribution in [3.63, 3.8) is 0 Å². The molecule has 0 aliphatic carbocycles. The molecule has 8 heteroatoms. The Kier molecular flexibility index (Phi) is 3.51. The number of aromatic amines is 1. The number of nitrogen functional groups attached to an aromatic ring is 1. The number of rotatable bonds is 0. The van der Waals surface area contributed by atoms with Crippen LogP contribution in [0.5, 0.6) is 0 Å². The number of H-pyrrole nitrogens is 1. The van der Waals surface area contributed by atoms with Crippen molar-refractivity contribution in [1.82, 2.24) is 10.2 Å². The lowest BCUT2D eigenvalue weighted by atomic mass is 10.7. The van der Waals surface area contributed by atoms with Crippen molar-refractivity contribution < 1.29 is 17.5 Å². The van der Waals surface area contributed by atoms with Crippen molar-refractivity contribution in [2.45, 2.75) is 0 Å². The topological polar surface area (TPSA) is 129 Å². The summed E-state index contributed by atoms with van der Waals surface area (Å²) >= 11 is 0. The van der Waals surface area contributed by atoms with E-state index in [1.54, 1.807) is 12.3 Å². The molecule has 1 rings (SSSR count). The summed E-state index contributed by atoms with van der Waals surface area (Å²) in [6, 6.07) is 1.69. The molecular formula is C3H7N3O4S. The maximum atomic E-state index is 8.74. The van der Waals surface area contributed by atoms with Gasteiger partial charge in [0, 0.05) is 0 Å². The van der Waals surface area contributed by atoms with E-state index < -0.39 is 10.4 Å². The van der Waals surface area contributed by atoms with Crippen molar-refractivity contribution in [2.24, 2.45) is 0 Å². The molecule has 64 valence electrons. The number of nitrogens with two attached hydrogens (primary N) is 1. The average molecular weight is 181 g/mol. The summed E-state index contributed by atoms with van der Waals surface area (Å²) < 4.78 is 31.6. The number of hydrogen-bond acceptors (Lipinski definition) is 4. The Morgan fingerprint density at radius 2 is 2.00 bits per heavy atom. The molecule has 0 unspecified atom stereocenters. The summed E-state index contributed by atoms with van der Waals surface area (Å²) in [7, 11) is -4.67. The monoisotopic (exact) mass is 181 g/mol. The van der Waals surface area contributed by atoms with Gasteiger partial charge in [-0.05, 0) is 6.07 Å². The number of nitrogens with one attached hydrogen (secondary N) is 1. The van der Waals surface area contributed by atoms with E-state index in [9.17, 15) is 0 Å². The fourth-order valence-electron chi connectivity index (χ4n) is 0.267. The smallest absolute Gasteiger partial charge is 0.384 e. The van der Waals surface area contributed by atoms with Gasteiger partial charge < -0.3 is 5.73 Å². The molecule has 0 spiro atoms. The zero-order chi connectivity index (χ0) is 8.91. The molecule has 11 heavy (non-hydrogen) atoms. The van der Waals surface area contributed by atoms with E-state index >= 15 is 0 Å². The number of hydrogen-bond donors (Lipinski definition) is 4. The van der Waals surface area contributed by atoms with Crippen molar-refractivity contribution in [1.29, 1.82) is 0 Å². The summed E-state index contributed by atoms with van der Waals surface area (Å²) in [5.41, 5.74) is 5.16. The van der Waals surface area contributed by atoms with Crippen LogP contribution in [0.4, 0.5) is 5.82 Å². The predicted molar refractivity (Wildman–Crippen MR) is 37.2 cm³/mol. The molecule has 1 aromatic heterocycles. The molecule has 1 heterocycles. The first-order valence-electron chi connectivity index (χ1n) is 2.34. The van der Waals surface area contributed by atoms with Crippen LogP contribution >= 0.6 is 0 Å². The van der Waals surface area contributed by atoms with E-state index in [4.69, 9.17) is 23.3 Å². The quantitative estimate of drug-likeness (QED) is 0.393. The van der Waals surface area contributed by atoms with Crippen molar-refractivity contribution in [3.05, 3.63) is 12.3 Å². The van der Waals surface area contributed by atoms with Crippen molar-refractivity contribution >= 4 is 16.2 Å². The highest BCUT2D eigenvalue weighted by Crippen LogP contribution is 1.86. The summed E-state index contributed by atoms with van der Waals surface area (Å²) in [5, 5.41) is 6.10. The second-order valence-electron chi connectivity index (χ2n) is 1.46. The van der Waals surface area contributed by atoms with Crippen LogP contribution < -0.4 is 5.73 Å². The van der Waals surface area contributed by atoms with Crippen LogP contribution in [0.3, 0.4) is 0 Å². The van der Waals surface area contributed by atoms with Gasteiger partial charge in [0.2, 0.25) is 0 Å². The third-order valence-electron chi connectivity index (χ3n) is 0.522. The first kappa shape index (κ1) is 9.88. The molecule has 0 atom stereocenters. The molecule has 0 aliphatic heterocycles. The van der Waals surface area contributed by atoms with E-state index in [0.29, 0.717) is 5.82 Å². The zero-order valence-electron chi connectivity index (χ0n) is 5.30. The summed E-state index contributed by atoms with van der Waals surface area (Å²) in [4.78, 5) is 0. The van der Waals surface area contributed by atoms with Gasteiger partial charge in [-0.15, -0.1) is 0 Å². The van der Waals surface area contributed by atoms with Crippen LogP contribution in [0.25, 0.3) is 0 Å². The molecule has 1 aromatic rings. The van der Waals surface area contributed by atoms with E-state index in [1.807, 2.05) is 0 Å². The Morgan fingerprint density at radius 3 is 2.09 bits per heavy atom. The zero-order valence-corrected chi connectivity index (χ0v) is 6.11. The second-order valence-corrected chi connectivity index (χ2v) is 2.36. The van der Waals surface area contributed by atoms with Gasteiger partial charge in [0.1, 0.15) is 5.82 Å². The Hall–Kier alpha value is -1.12. The minimum absolute atomic E-state index is 0.606. The Balaban J connectivity index is 0.000000187. The Labute approximate surface area is 62.8 Å². The van der Waals surface area contributed by atoms with Gasteiger partial charge in [0.05, 0.1) is 6.20 Å². The maximum absolute atomic E-state index is 8.74. The molecule has 0 radical (unpaired) electrons. The van der Waals surface area contributed by atoms with Crippen LogP contribution in [0.2, 0.25) is 0 Å². The minimum Gasteiger partial charge on any atom is -0.384 e. The van der Waals surface area contributed by atoms with E-state index in [1.165, 1.54) is 0 Å². The molecule has 0 aromatic carbocycles. The minimum atomic E-state index is -4.67. The first-order valence-corrected chi connectivity index (χ1v) is 3.74. The van der Waals surface area contributed by atoms with Crippen molar-refractivity contribution in [3.8, 4) is 0 Å². The predicted octanol–water partition coefficient (Wildman–Crippen LogP) is -0.661. The molecule has 0 fully saturated rings. The van der Waals surface area contributed by atoms with Gasteiger partial charge >= 0.3 is 10.4 Å². The first-order chi connectivity index (χ1) is 4.89. The lowest BCUT2D eigenvalue weighted by Gasteiger charge is -1.70. The van der Waals surface area contributed by atoms with Crippen LogP contribution in [0, 0.1) is 0 Å². The Morgan fingerprint density at radius 1 is 1.55 bits per heavy atom. The highest BCUT2D eigenvalue weighted by Gasteiger charge is 1.84. The van der Waals surface area contributed by atoms with Gasteiger partial charge in [0.25, 0.3) is 0 Å². The molecule has 0 bridgehead atoms. The maximum Gasteiger partial charge on any atom is 0.394 e. The van der Waals surface area contributed by atoms with Crippen LogP contribution in [-0.4, -0.2) is 27.7 Å². The average Bonchev–Trinajstić information content (AvgIpc) is 2.12. The molecule has 7 nitrogen and oxygen atoms in total. The highest BCUT2D eigenvalue weighted by molar-refractivity contribution is 7.79. The van der Waals surface area contributed by atoms with Gasteiger partial charge in [-0.25, -0.2) is 0 Å². The largest absolute Gasteiger partial charge is 0.394 e. The fourth-order valence-corrected chi connectivity index (χ4v) is 0.267. The molecule has 0 amide bonds. The Bertz CT molecular complexity index is 270. The second kappa shape index (κ2) is 3.91. The molecule has 0 saturated heterocycles. The number of nitrogens with zero attached hydrogens (tertiary/aromatic N) is 1. The van der Waals surface area contributed by atoms with Gasteiger partial charge in [-0.1, -0.05) is 0 Å². The number of anilines is 1. The summed E-state index contributed by atoms with van der Waals surface area (Å²) in [6.45, 7) is 0. The molecule has 0 aliphatic rings. The van der Waals surface area contributed by atoms with Gasteiger partial charge in [0.15, 0.2) is 0 Å². The van der Waals surface area contributed by atoms with Gasteiger partial charge in [-0.3, -0.25) is 14.2 Å². The van der Waals surface area contributed by atoms with Crippen LogP contribution in [0.1, 0.15) is 0 Å². The van der Waals surface area contributed by atoms with Gasteiger partial charge in [-0.2, -0.15) is 13.5 Å². The molecule has 5 N–H and O–H groups in total.